The van der Waals surface area contributed by atoms with Crippen molar-refractivity contribution in [1.29, 1.82) is 0 Å². The Morgan fingerprint density at radius 2 is 1.93 bits per heavy atom. The van der Waals surface area contributed by atoms with E-state index in [1.165, 1.54) is 6.33 Å². The lowest BCUT2D eigenvalue weighted by Gasteiger charge is -2.35. The van der Waals surface area contributed by atoms with Gasteiger partial charge in [-0.2, -0.15) is 0 Å². The van der Waals surface area contributed by atoms with Gasteiger partial charge < -0.3 is 19.2 Å². The molecule has 1 aliphatic heterocycles. The van der Waals surface area contributed by atoms with Gasteiger partial charge in [-0.15, -0.1) is 0 Å². The number of carbonyl (C=O) groups is 1. The van der Waals surface area contributed by atoms with Crippen LogP contribution in [0.4, 0.5) is 5.82 Å². The van der Waals surface area contributed by atoms with Gasteiger partial charge in [0.2, 0.25) is 0 Å². The van der Waals surface area contributed by atoms with Crippen molar-refractivity contribution < 1.29 is 4.79 Å². The van der Waals surface area contributed by atoms with Crippen molar-refractivity contribution in [2.24, 2.45) is 0 Å². The fraction of sp³-hybridized carbons (Fsp3) is 0.278. The van der Waals surface area contributed by atoms with Gasteiger partial charge in [-0.25, -0.2) is 19.9 Å². The number of carbonyl (C=O) groups excluding carboxylic acids is 1. The Kier molecular flexibility index (Phi) is 3.52. The zero-order chi connectivity index (χ0) is 18.4. The van der Waals surface area contributed by atoms with E-state index in [0.717, 1.165) is 22.7 Å². The highest BCUT2D eigenvalue weighted by Gasteiger charge is 2.24. The molecule has 0 spiro atoms. The van der Waals surface area contributed by atoms with Crippen molar-refractivity contribution >= 4 is 28.5 Å². The highest BCUT2D eigenvalue weighted by molar-refractivity contribution is 5.94. The topological polar surface area (TPSA) is 95.3 Å². The first-order valence-electron chi connectivity index (χ1n) is 8.83. The molecule has 0 bridgehead atoms. The summed E-state index contributed by atoms with van der Waals surface area (Å²) in [6.45, 7) is 4.64. The van der Waals surface area contributed by atoms with Gasteiger partial charge in [-0.3, -0.25) is 4.79 Å². The molecule has 5 rings (SSSR count). The summed E-state index contributed by atoms with van der Waals surface area (Å²) in [5, 5.41) is 0. The number of aromatic nitrogens is 6. The minimum atomic E-state index is 0.0391. The third kappa shape index (κ3) is 2.67. The number of pyridine rings is 1. The Hall–Kier alpha value is -3.49. The number of aryl methyl sites for hydroxylation is 1. The number of aromatic amines is 1. The van der Waals surface area contributed by atoms with Crippen molar-refractivity contribution in [3.8, 4) is 0 Å². The highest BCUT2D eigenvalue weighted by Crippen LogP contribution is 2.21. The summed E-state index contributed by atoms with van der Waals surface area (Å²) in [5.41, 5.74) is 3.94. The second kappa shape index (κ2) is 6.04. The number of piperazine rings is 1. The normalized spacial score (nSPS) is 15.0. The molecule has 0 saturated carbocycles. The second-order valence-corrected chi connectivity index (χ2v) is 6.64. The van der Waals surface area contributed by atoms with Crippen LogP contribution < -0.4 is 4.90 Å². The summed E-state index contributed by atoms with van der Waals surface area (Å²) in [6, 6.07) is 3.72. The number of amides is 1. The average Bonchev–Trinajstić information content (AvgIpc) is 3.32. The maximum absolute atomic E-state index is 12.9. The first kappa shape index (κ1) is 15.7. The Morgan fingerprint density at radius 3 is 2.78 bits per heavy atom. The Labute approximate surface area is 154 Å². The number of nitrogens with one attached hydrogen (secondary N) is 1. The van der Waals surface area contributed by atoms with E-state index in [4.69, 9.17) is 0 Å². The monoisotopic (exact) mass is 362 g/mol. The Morgan fingerprint density at radius 1 is 1.07 bits per heavy atom. The van der Waals surface area contributed by atoms with Gasteiger partial charge in [0.15, 0.2) is 11.5 Å². The molecule has 1 amide bonds. The second-order valence-electron chi connectivity index (χ2n) is 6.64. The molecule has 1 aliphatic rings. The standard InChI is InChI=1S/C18H18N8O/c1-12-8-26-9-13(2-3-14(26)23-12)18(27)25-6-4-24(5-7-25)17-15-16(20-10-19-15)21-11-22-17/h2-3,8-11H,4-7H2,1H3,(H,19,20,21,22). The van der Waals surface area contributed by atoms with Gasteiger partial charge in [0.25, 0.3) is 5.91 Å². The predicted molar refractivity (Wildman–Crippen MR) is 99.7 cm³/mol. The molecule has 1 saturated heterocycles. The van der Waals surface area contributed by atoms with Crippen LogP contribution >= 0.6 is 0 Å². The minimum Gasteiger partial charge on any atom is -0.351 e. The lowest BCUT2D eigenvalue weighted by molar-refractivity contribution is 0.0746. The molecular formula is C18H18N8O. The lowest BCUT2D eigenvalue weighted by atomic mass is 10.2. The van der Waals surface area contributed by atoms with Crippen molar-refractivity contribution in [3.05, 3.63) is 48.4 Å². The molecule has 27 heavy (non-hydrogen) atoms. The summed E-state index contributed by atoms with van der Waals surface area (Å²) in [4.78, 5) is 37.2. The molecule has 4 aromatic rings. The zero-order valence-corrected chi connectivity index (χ0v) is 14.8. The first-order valence-corrected chi connectivity index (χ1v) is 8.83. The van der Waals surface area contributed by atoms with Crippen LogP contribution in [0.1, 0.15) is 16.1 Å². The third-order valence-corrected chi connectivity index (χ3v) is 4.89. The molecule has 5 heterocycles. The van der Waals surface area contributed by atoms with Crippen LogP contribution in [-0.4, -0.2) is 66.3 Å². The van der Waals surface area contributed by atoms with Crippen molar-refractivity contribution in [3.63, 3.8) is 0 Å². The van der Waals surface area contributed by atoms with Gasteiger partial charge in [-0.05, 0) is 19.1 Å². The van der Waals surface area contributed by atoms with Gasteiger partial charge in [0.05, 0.1) is 17.6 Å². The summed E-state index contributed by atoms with van der Waals surface area (Å²) < 4.78 is 1.90. The van der Waals surface area contributed by atoms with Gasteiger partial charge in [0.1, 0.15) is 17.5 Å². The van der Waals surface area contributed by atoms with E-state index in [1.807, 2.05) is 40.8 Å². The molecule has 1 fully saturated rings. The maximum atomic E-state index is 12.9. The van der Waals surface area contributed by atoms with Gasteiger partial charge >= 0.3 is 0 Å². The van der Waals surface area contributed by atoms with E-state index >= 15 is 0 Å². The van der Waals surface area contributed by atoms with Crippen LogP contribution in [-0.2, 0) is 0 Å². The number of imidazole rings is 2. The van der Waals surface area contributed by atoms with E-state index in [9.17, 15) is 4.79 Å². The average molecular weight is 362 g/mol. The number of hydrogen-bond donors (Lipinski definition) is 1. The molecular weight excluding hydrogens is 344 g/mol. The fourth-order valence-corrected chi connectivity index (χ4v) is 3.54. The molecule has 0 aromatic carbocycles. The lowest BCUT2D eigenvalue weighted by Crippen LogP contribution is -2.49. The molecule has 136 valence electrons. The first-order chi connectivity index (χ1) is 13.2. The molecule has 9 heteroatoms. The van der Waals surface area contributed by atoms with Crippen LogP contribution in [0.25, 0.3) is 16.8 Å². The van der Waals surface area contributed by atoms with Crippen LogP contribution in [0.5, 0.6) is 0 Å². The molecule has 0 atom stereocenters. The van der Waals surface area contributed by atoms with E-state index < -0.39 is 0 Å². The quantitative estimate of drug-likeness (QED) is 0.577. The molecule has 0 unspecified atom stereocenters. The summed E-state index contributed by atoms with van der Waals surface area (Å²) in [7, 11) is 0. The summed E-state index contributed by atoms with van der Waals surface area (Å²) in [6.07, 6.45) is 6.92. The minimum absolute atomic E-state index is 0.0391. The predicted octanol–water partition coefficient (Wildman–Crippen LogP) is 1.27. The van der Waals surface area contributed by atoms with E-state index in [2.05, 4.69) is 29.8 Å². The Balaban J connectivity index is 1.33. The molecule has 4 aromatic heterocycles. The molecule has 0 radical (unpaired) electrons. The zero-order valence-electron chi connectivity index (χ0n) is 14.8. The van der Waals surface area contributed by atoms with Gasteiger partial charge in [0, 0.05) is 38.6 Å². The number of anilines is 1. The summed E-state index contributed by atoms with van der Waals surface area (Å²) in [5.74, 6) is 0.872. The van der Waals surface area contributed by atoms with E-state index in [0.29, 0.717) is 37.4 Å². The van der Waals surface area contributed by atoms with Crippen molar-refractivity contribution in [2.45, 2.75) is 6.92 Å². The van der Waals surface area contributed by atoms with Crippen LogP contribution in [0, 0.1) is 6.92 Å². The van der Waals surface area contributed by atoms with Crippen molar-refractivity contribution in [2.75, 3.05) is 31.1 Å². The van der Waals surface area contributed by atoms with Crippen LogP contribution in [0.3, 0.4) is 0 Å². The fourth-order valence-electron chi connectivity index (χ4n) is 3.54. The van der Waals surface area contributed by atoms with E-state index in [-0.39, 0.29) is 5.91 Å². The third-order valence-electron chi connectivity index (χ3n) is 4.89. The molecule has 0 aliphatic carbocycles. The number of nitrogens with zero attached hydrogens (tertiary/aromatic N) is 7. The SMILES string of the molecule is Cc1cn2cc(C(=O)N3CCN(c4ncnc5nc[nH]c45)CC3)ccc2n1. The largest absolute Gasteiger partial charge is 0.351 e. The number of fused-ring (bicyclic) bond motifs is 2. The smallest absolute Gasteiger partial charge is 0.255 e. The maximum Gasteiger partial charge on any atom is 0.255 e. The van der Waals surface area contributed by atoms with Gasteiger partial charge in [-0.1, -0.05) is 0 Å². The molecule has 9 nitrogen and oxygen atoms in total. The summed E-state index contributed by atoms with van der Waals surface area (Å²) >= 11 is 0. The Bertz CT molecular complexity index is 1140. The van der Waals surface area contributed by atoms with Crippen LogP contribution in [0.2, 0.25) is 0 Å². The van der Waals surface area contributed by atoms with Crippen molar-refractivity contribution in [1.82, 2.24) is 34.2 Å². The number of rotatable bonds is 2. The number of hydrogen-bond acceptors (Lipinski definition) is 6. The number of H-pyrrole nitrogens is 1. The van der Waals surface area contributed by atoms with E-state index in [1.54, 1.807) is 6.33 Å². The van der Waals surface area contributed by atoms with Crippen LogP contribution in [0.15, 0.2) is 37.2 Å². The molecule has 1 N–H and O–H groups in total. The highest BCUT2D eigenvalue weighted by atomic mass is 16.2.